The minimum absolute atomic E-state index is 0.120. The zero-order chi connectivity index (χ0) is 21.0. The van der Waals surface area contributed by atoms with Crippen LogP contribution in [0.25, 0.3) is 0 Å². The number of benzene rings is 3. The van der Waals surface area contributed by atoms with Gasteiger partial charge in [0.2, 0.25) is 0 Å². The largest absolute Gasteiger partial charge is 0.497 e. The molecule has 0 saturated heterocycles. The van der Waals surface area contributed by atoms with Gasteiger partial charge in [0.05, 0.1) is 12.0 Å². The van der Waals surface area contributed by atoms with Gasteiger partial charge < -0.3 is 10.1 Å². The van der Waals surface area contributed by atoms with E-state index in [4.69, 9.17) is 4.74 Å². The highest BCUT2D eigenvalue weighted by Crippen LogP contribution is 2.21. The van der Waals surface area contributed by atoms with Crippen LogP contribution < -0.4 is 14.8 Å². The second-order valence-corrected chi connectivity index (χ2v) is 8.31. The molecular weight excluding hydrogens is 388 g/mol. The highest BCUT2D eigenvalue weighted by atomic mass is 32.2. The molecule has 1 amide bonds. The first-order valence-corrected chi connectivity index (χ1v) is 10.4. The second kappa shape index (κ2) is 8.36. The fourth-order valence-corrected chi connectivity index (χ4v) is 3.87. The van der Waals surface area contributed by atoms with Crippen LogP contribution in [-0.4, -0.2) is 21.4 Å². The molecule has 2 N–H and O–H groups in total. The lowest BCUT2D eigenvalue weighted by molar-refractivity contribution is 0.102. The molecule has 0 aliphatic rings. The van der Waals surface area contributed by atoms with Gasteiger partial charge in [0.1, 0.15) is 5.75 Å². The van der Waals surface area contributed by atoms with Crippen molar-refractivity contribution in [3.05, 3.63) is 83.4 Å². The molecule has 0 heterocycles. The Morgan fingerprint density at radius 3 is 2.14 bits per heavy atom. The van der Waals surface area contributed by atoms with Crippen LogP contribution in [0.5, 0.6) is 5.75 Å². The molecule has 150 valence electrons. The summed E-state index contributed by atoms with van der Waals surface area (Å²) < 4.78 is 32.5. The Kier molecular flexibility index (Phi) is 5.89. The SMILES string of the molecule is COc1ccc(S(=O)(=O)Nc2ccc(C(=O)Nc3ccc(C)cc3C)cc2)cc1. The molecule has 29 heavy (non-hydrogen) atoms. The summed E-state index contributed by atoms with van der Waals surface area (Å²) in [5.41, 5.74) is 3.63. The number of sulfonamides is 1. The van der Waals surface area contributed by atoms with Crippen molar-refractivity contribution in [2.24, 2.45) is 0 Å². The van der Waals surface area contributed by atoms with E-state index in [0.717, 1.165) is 16.8 Å². The number of aryl methyl sites for hydroxylation is 2. The molecule has 0 aliphatic heterocycles. The Labute approximate surface area is 170 Å². The summed E-state index contributed by atoms with van der Waals surface area (Å²) in [7, 11) is -2.22. The van der Waals surface area contributed by atoms with Crippen molar-refractivity contribution in [1.29, 1.82) is 0 Å². The summed E-state index contributed by atoms with van der Waals surface area (Å²) in [5.74, 6) is 0.310. The van der Waals surface area contributed by atoms with Crippen molar-refractivity contribution in [1.82, 2.24) is 0 Å². The maximum absolute atomic E-state index is 12.5. The summed E-state index contributed by atoms with van der Waals surface area (Å²) in [4.78, 5) is 12.6. The van der Waals surface area contributed by atoms with Crippen molar-refractivity contribution >= 4 is 27.3 Å². The van der Waals surface area contributed by atoms with Crippen LogP contribution in [0.3, 0.4) is 0 Å². The monoisotopic (exact) mass is 410 g/mol. The fraction of sp³-hybridized carbons (Fsp3) is 0.136. The molecule has 0 aliphatic carbocycles. The van der Waals surface area contributed by atoms with E-state index in [9.17, 15) is 13.2 Å². The Balaban J connectivity index is 1.71. The van der Waals surface area contributed by atoms with E-state index >= 15 is 0 Å². The first-order valence-electron chi connectivity index (χ1n) is 8.94. The van der Waals surface area contributed by atoms with Gasteiger partial charge in [0, 0.05) is 16.9 Å². The van der Waals surface area contributed by atoms with Gasteiger partial charge in [0.15, 0.2) is 0 Å². The number of anilines is 2. The second-order valence-electron chi connectivity index (χ2n) is 6.63. The van der Waals surface area contributed by atoms with Crippen LogP contribution in [0.4, 0.5) is 11.4 Å². The normalized spacial score (nSPS) is 11.0. The van der Waals surface area contributed by atoms with E-state index in [-0.39, 0.29) is 10.8 Å². The molecule has 0 atom stereocenters. The lowest BCUT2D eigenvalue weighted by atomic mass is 10.1. The predicted octanol–water partition coefficient (Wildman–Crippen LogP) is 4.37. The summed E-state index contributed by atoms with van der Waals surface area (Å²) >= 11 is 0. The lowest BCUT2D eigenvalue weighted by Crippen LogP contribution is -2.14. The highest BCUT2D eigenvalue weighted by molar-refractivity contribution is 7.92. The molecule has 0 radical (unpaired) electrons. The molecule has 0 bridgehead atoms. The Morgan fingerprint density at radius 2 is 1.55 bits per heavy atom. The summed E-state index contributed by atoms with van der Waals surface area (Å²) in [6.45, 7) is 3.92. The molecule has 0 aromatic heterocycles. The quantitative estimate of drug-likeness (QED) is 0.632. The Hall–Kier alpha value is -3.32. The minimum atomic E-state index is -3.74. The van der Waals surface area contributed by atoms with E-state index in [1.807, 2.05) is 32.0 Å². The van der Waals surface area contributed by atoms with Crippen LogP contribution in [-0.2, 0) is 10.0 Å². The first kappa shape index (κ1) is 20.4. The molecule has 3 rings (SSSR count). The van der Waals surface area contributed by atoms with Crippen molar-refractivity contribution in [2.45, 2.75) is 18.7 Å². The van der Waals surface area contributed by atoms with Gasteiger partial charge in [-0.3, -0.25) is 9.52 Å². The van der Waals surface area contributed by atoms with E-state index < -0.39 is 10.0 Å². The smallest absolute Gasteiger partial charge is 0.261 e. The minimum Gasteiger partial charge on any atom is -0.497 e. The van der Waals surface area contributed by atoms with Gasteiger partial charge in [-0.2, -0.15) is 0 Å². The third-order valence-electron chi connectivity index (χ3n) is 4.40. The van der Waals surface area contributed by atoms with Gasteiger partial charge in [0.25, 0.3) is 15.9 Å². The molecule has 0 spiro atoms. The summed E-state index contributed by atoms with van der Waals surface area (Å²) in [6, 6.07) is 18.1. The summed E-state index contributed by atoms with van der Waals surface area (Å²) in [5, 5.41) is 2.87. The molecule has 0 unspecified atom stereocenters. The highest BCUT2D eigenvalue weighted by Gasteiger charge is 2.15. The number of hydrogen-bond donors (Lipinski definition) is 2. The number of nitrogens with one attached hydrogen (secondary N) is 2. The number of carbonyl (C=O) groups is 1. The Morgan fingerprint density at radius 1 is 0.897 bits per heavy atom. The topological polar surface area (TPSA) is 84.5 Å². The van der Waals surface area contributed by atoms with E-state index in [0.29, 0.717) is 17.0 Å². The molecule has 3 aromatic carbocycles. The van der Waals surface area contributed by atoms with Crippen molar-refractivity contribution in [3.8, 4) is 5.75 Å². The first-order chi connectivity index (χ1) is 13.8. The van der Waals surface area contributed by atoms with E-state index in [1.54, 1.807) is 36.4 Å². The van der Waals surface area contributed by atoms with Crippen LogP contribution in [0.15, 0.2) is 71.6 Å². The molecule has 6 nitrogen and oxygen atoms in total. The van der Waals surface area contributed by atoms with Crippen LogP contribution in [0.1, 0.15) is 21.5 Å². The van der Waals surface area contributed by atoms with Crippen LogP contribution >= 0.6 is 0 Å². The average molecular weight is 410 g/mol. The molecular formula is C22H22N2O4S. The molecule has 0 fully saturated rings. The fourth-order valence-electron chi connectivity index (χ4n) is 2.81. The van der Waals surface area contributed by atoms with E-state index in [2.05, 4.69) is 10.0 Å². The molecule has 3 aromatic rings. The molecule has 0 saturated carbocycles. The zero-order valence-corrected chi connectivity index (χ0v) is 17.2. The number of methoxy groups -OCH3 is 1. The average Bonchev–Trinajstić information content (AvgIpc) is 2.70. The molecule has 7 heteroatoms. The van der Waals surface area contributed by atoms with Crippen molar-refractivity contribution < 1.29 is 17.9 Å². The number of carbonyl (C=O) groups excluding carboxylic acids is 1. The number of rotatable bonds is 6. The number of hydrogen-bond acceptors (Lipinski definition) is 4. The van der Waals surface area contributed by atoms with Crippen LogP contribution in [0.2, 0.25) is 0 Å². The van der Waals surface area contributed by atoms with Gasteiger partial charge >= 0.3 is 0 Å². The Bertz CT molecular complexity index is 1120. The van der Waals surface area contributed by atoms with Crippen LogP contribution in [0, 0.1) is 13.8 Å². The standard InChI is InChI=1S/C22H22N2O4S/c1-15-4-13-21(16(2)14-15)23-22(25)17-5-7-18(8-6-17)24-29(26,27)20-11-9-19(28-3)10-12-20/h4-14,24H,1-3H3,(H,23,25). The van der Waals surface area contributed by atoms with Gasteiger partial charge in [-0.25, -0.2) is 8.42 Å². The zero-order valence-electron chi connectivity index (χ0n) is 16.4. The number of amides is 1. The third-order valence-corrected chi connectivity index (χ3v) is 5.80. The van der Waals surface area contributed by atoms with Crippen molar-refractivity contribution in [2.75, 3.05) is 17.1 Å². The maximum atomic E-state index is 12.5. The van der Waals surface area contributed by atoms with Gasteiger partial charge in [-0.05, 0) is 74.0 Å². The maximum Gasteiger partial charge on any atom is 0.261 e. The van der Waals surface area contributed by atoms with Crippen molar-refractivity contribution in [3.63, 3.8) is 0 Å². The lowest BCUT2D eigenvalue weighted by Gasteiger charge is -2.11. The van der Waals surface area contributed by atoms with Gasteiger partial charge in [-0.1, -0.05) is 17.7 Å². The third kappa shape index (κ3) is 4.94. The number of ether oxygens (including phenoxy) is 1. The van der Waals surface area contributed by atoms with Gasteiger partial charge in [-0.15, -0.1) is 0 Å². The summed E-state index contributed by atoms with van der Waals surface area (Å²) in [6.07, 6.45) is 0. The van der Waals surface area contributed by atoms with E-state index in [1.165, 1.54) is 19.2 Å². The predicted molar refractivity (Wildman–Crippen MR) is 114 cm³/mol.